The molecule has 0 saturated heterocycles. The molecule has 0 saturated carbocycles. The van der Waals surface area contributed by atoms with Crippen molar-refractivity contribution in [3.63, 3.8) is 0 Å². The number of aliphatic hydroxyl groups is 1. The van der Waals surface area contributed by atoms with E-state index in [9.17, 15) is 22.3 Å². The van der Waals surface area contributed by atoms with E-state index in [0.29, 0.717) is 6.54 Å². The highest BCUT2D eigenvalue weighted by Gasteiger charge is 2.63. The molecule has 0 aromatic carbocycles. The molecule has 1 aliphatic heterocycles. The first-order valence-corrected chi connectivity index (χ1v) is 8.60. The zero-order valence-electron chi connectivity index (χ0n) is 13.0. The van der Waals surface area contributed by atoms with Crippen LogP contribution in [0.2, 0.25) is 0 Å². The Labute approximate surface area is 137 Å². The summed E-state index contributed by atoms with van der Waals surface area (Å²) in [6.45, 7) is 6.44. The van der Waals surface area contributed by atoms with Gasteiger partial charge in [-0.1, -0.05) is 0 Å². The number of sulfonamides is 1. The Morgan fingerprint density at radius 2 is 1.96 bits per heavy atom. The topological polar surface area (TPSA) is 87.8 Å². The number of hydrogen-bond acceptors (Lipinski definition) is 5. The number of rotatable bonds is 4. The fraction of sp³-hybridized carbons (Fsp3) is 0.667. The van der Waals surface area contributed by atoms with Gasteiger partial charge in [0, 0.05) is 18.7 Å². The van der Waals surface area contributed by atoms with Crippen molar-refractivity contribution in [2.45, 2.75) is 56.7 Å². The van der Waals surface area contributed by atoms with E-state index in [-0.39, 0.29) is 26.4 Å². The predicted octanol–water partition coefficient (Wildman–Crippen LogP) is 1.81. The number of aryl methyl sites for hydroxylation is 2. The van der Waals surface area contributed by atoms with E-state index in [1.807, 2.05) is 0 Å². The molecule has 0 fully saturated rings. The van der Waals surface area contributed by atoms with Crippen LogP contribution >= 0.6 is 11.6 Å². The van der Waals surface area contributed by atoms with Gasteiger partial charge >= 0.3 is 5.38 Å². The molecule has 0 aliphatic carbocycles. The average molecular weight is 371 g/mol. The highest BCUT2D eigenvalue weighted by Crippen LogP contribution is 2.45. The molecule has 1 aliphatic rings. The Hall–Kier alpha value is -1.26. The molecule has 0 radical (unpaired) electrons. The fourth-order valence-electron chi connectivity index (χ4n) is 2.61. The molecular formula is C12H17ClF2N4O3S. The Morgan fingerprint density at radius 1 is 1.39 bits per heavy atom. The molecule has 1 aromatic heterocycles. The number of hydrogen-bond donors (Lipinski definition) is 1. The summed E-state index contributed by atoms with van der Waals surface area (Å²) < 4.78 is 54.4. The second-order valence-electron chi connectivity index (χ2n) is 5.39. The van der Waals surface area contributed by atoms with Crippen molar-refractivity contribution >= 4 is 27.3 Å². The lowest BCUT2D eigenvalue weighted by molar-refractivity contribution is -0.175. The molecule has 0 spiro atoms. The molecule has 0 amide bonds. The molecule has 0 unspecified atom stereocenters. The first-order valence-electron chi connectivity index (χ1n) is 6.79. The van der Waals surface area contributed by atoms with E-state index in [0.717, 1.165) is 0 Å². The molecule has 23 heavy (non-hydrogen) atoms. The summed E-state index contributed by atoms with van der Waals surface area (Å²) in [6.07, 6.45) is -0.692. The third kappa shape index (κ3) is 2.62. The normalized spacial score (nSPS) is 22.6. The monoisotopic (exact) mass is 370 g/mol. The summed E-state index contributed by atoms with van der Waals surface area (Å²) in [4.78, 5) is -0.267. The minimum Gasteiger partial charge on any atom is -0.363 e. The molecule has 1 atom stereocenters. The van der Waals surface area contributed by atoms with E-state index >= 15 is 0 Å². The molecule has 7 nitrogen and oxygen atoms in total. The van der Waals surface area contributed by atoms with Gasteiger partial charge in [-0.05, 0) is 39.3 Å². The van der Waals surface area contributed by atoms with Gasteiger partial charge in [0.25, 0.3) is 15.7 Å². The highest BCUT2D eigenvalue weighted by atomic mass is 35.5. The van der Waals surface area contributed by atoms with Gasteiger partial charge in [0.1, 0.15) is 4.90 Å². The van der Waals surface area contributed by atoms with E-state index in [2.05, 4.69) is 10.2 Å². The Bertz CT molecular complexity index is 772. The number of halogens is 3. The molecule has 0 bridgehead atoms. The summed E-state index contributed by atoms with van der Waals surface area (Å²) in [6, 6.07) is 0. The Morgan fingerprint density at radius 3 is 2.39 bits per heavy atom. The van der Waals surface area contributed by atoms with Crippen molar-refractivity contribution < 1.29 is 22.3 Å². The van der Waals surface area contributed by atoms with Gasteiger partial charge in [-0.15, -0.1) is 4.41 Å². The lowest BCUT2D eigenvalue weighted by atomic mass is 10.1. The van der Waals surface area contributed by atoms with Gasteiger partial charge in [-0.2, -0.15) is 27.4 Å². The van der Waals surface area contributed by atoms with Crippen LogP contribution in [-0.4, -0.2) is 44.5 Å². The van der Waals surface area contributed by atoms with Crippen LogP contribution in [0.15, 0.2) is 10.00 Å². The van der Waals surface area contributed by atoms with Gasteiger partial charge in [-0.25, -0.2) is 0 Å². The number of hydrazone groups is 1. The Kier molecular flexibility index (Phi) is 4.23. The second kappa shape index (κ2) is 5.38. The van der Waals surface area contributed by atoms with Crippen LogP contribution in [0.5, 0.6) is 0 Å². The third-order valence-corrected chi connectivity index (χ3v) is 5.88. The minimum absolute atomic E-state index is 0.000648. The molecule has 1 N–H and O–H groups in total. The first kappa shape index (κ1) is 18.1. The maximum Gasteiger partial charge on any atom is 0.371 e. The Balaban J connectivity index is 2.66. The van der Waals surface area contributed by atoms with Gasteiger partial charge < -0.3 is 5.11 Å². The molecule has 11 heteroatoms. The van der Waals surface area contributed by atoms with E-state index in [4.69, 9.17) is 11.6 Å². The van der Waals surface area contributed by atoms with E-state index < -0.39 is 27.6 Å². The van der Waals surface area contributed by atoms with E-state index in [1.165, 1.54) is 25.5 Å². The van der Waals surface area contributed by atoms with Gasteiger partial charge in [0.2, 0.25) is 0 Å². The van der Waals surface area contributed by atoms with Crippen molar-refractivity contribution in [2.75, 3.05) is 0 Å². The first-order chi connectivity index (χ1) is 10.4. The molecule has 130 valence electrons. The third-order valence-electron chi connectivity index (χ3n) is 3.63. The van der Waals surface area contributed by atoms with Crippen LogP contribution in [0, 0.1) is 13.8 Å². The van der Waals surface area contributed by atoms with Gasteiger partial charge in [0.15, 0.2) is 0 Å². The molecule has 2 heterocycles. The van der Waals surface area contributed by atoms with Crippen molar-refractivity contribution in [3.8, 4) is 0 Å². The van der Waals surface area contributed by atoms with Crippen molar-refractivity contribution in [1.29, 1.82) is 0 Å². The van der Waals surface area contributed by atoms with Crippen molar-refractivity contribution in [1.82, 2.24) is 14.2 Å². The lowest BCUT2D eigenvalue weighted by Crippen LogP contribution is -2.56. The fourth-order valence-corrected chi connectivity index (χ4v) is 4.69. The summed E-state index contributed by atoms with van der Waals surface area (Å²) in [5.41, 5.74) is -2.74. The summed E-state index contributed by atoms with van der Waals surface area (Å²) in [5.74, 6) is 0. The zero-order valence-corrected chi connectivity index (χ0v) is 14.6. The lowest BCUT2D eigenvalue weighted by Gasteiger charge is -2.34. The average Bonchev–Trinajstić information content (AvgIpc) is 2.86. The van der Waals surface area contributed by atoms with Crippen LogP contribution in [0.25, 0.3) is 0 Å². The standard InChI is InChI=1S/C12H17ClF2N4O3S/c1-5-18-9(4)10(8(3)17-18)23(21,22)19-11(20,12(13,14)15)6-7(2)16-19/h20H,5-6H2,1-4H3/t11-/m1/s1. The molecular weight excluding hydrogens is 354 g/mol. The van der Waals surface area contributed by atoms with Crippen LogP contribution in [0.1, 0.15) is 31.7 Å². The molecule has 1 aromatic rings. The predicted molar refractivity (Wildman–Crippen MR) is 79.9 cm³/mol. The van der Waals surface area contributed by atoms with Gasteiger partial charge in [0.05, 0.1) is 11.4 Å². The summed E-state index contributed by atoms with van der Waals surface area (Å²) in [5, 5.41) is 13.6. The van der Waals surface area contributed by atoms with Crippen LogP contribution in [0.3, 0.4) is 0 Å². The smallest absolute Gasteiger partial charge is 0.363 e. The largest absolute Gasteiger partial charge is 0.371 e. The quantitative estimate of drug-likeness (QED) is 0.819. The van der Waals surface area contributed by atoms with Crippen LogP contribution in [-0.2, 0) is 16.6 Å². The number of aromatic nitrogens is 2. The summed E-state index contributed by atoms with van der Waals surface area (Å²) in [7, 11) is -4.56. The highest BCUT2D eigenvalue weighted by molar-refractivity contribution is 7.89. The van der Waals surface area contributed by atoms with Crippen LogP contribution in [0.4, 0.5) is 8.78 Å². The second-order valence-corrected chi connectivity index (χ2v) is 7.57. The SMILES string of the molecule is CCn1nc(C)c(S(=O)(=O)N2N=C(C)C[C@@]2(O)C(F)(F)Cl)c1C. The summed E-state index contributed by atoms with van der Waals surface area (Å²) >= 11 is 4.96. The van der Waals surface area contributed by atoms with Gasteiger partial charge in [-0.3, -0.25) is 4.68 Å². The number of nitrogens with zero attached hydrogens (tertiary/aromatic N) is 4. The molecule has 2 rings (SSSR count). The zero-order chi connectivity index (χ0) is 17.8. The maximum absolute atomic E-state index is 13.7. The van der Waals surface area contributed by atoms with Crippen molar-refractivity contribution in [3.05, 3.63) is 11.4 Å². The van der Waals surface area contributed by atoms with E-state index in [1.54, 1.807) is 6.92 Å². The maximum atomic E-state index is 13.7. The minimum atomic E-state index is -4.56. The number of alkyl halides is 3. The van der Waals surface area contributed by atoms with Crippen molar-refractivity contribution in [2.24, 2.45) is 5.10 Å². The van der Waals surface area contributed by atoms with Crippen LogP contribution < -0.4 is 0 Å².